The van der Waals surface area contributed by atoms with Gasteiger partial charge in [0, 0.05) is 0 Å². The van der Waals surface area contributed by atoms with Crippen molar-refractivity contribution in [3.05, 3.63) is 102 Å². The van der Waals surface area contributed by atoms with Gasteiger partial charge in [0.05, 0.1) is 30.3 Å². The molecule has 32 heavy (non-hydrogen) atoms. The lowest BCUT2D eigenvalue weighted by atomic mass is 10.0. The first kappa shape index (κ1) is 20.2. The molecule has 0 saturated carbocycles. The van der Waals surface area contributed by atoms with Crippen molar-refractivity contribution in [2.45, 2.75) is 13.0 Å². The summed E-state index contributed by atoms with van der Waals surface area (Å²) in [5, 5.41) is 3.01. The van der Waals surface area contributed by atoms with E-state index in [-0.39, 0.29) is 5.91 Å². The van der Waals surface area contributed by atoms with E-state index in [1.807, 2.05) is 66.7 Å². The van der Waals surface area contributed by atoms with Gasteiger partial charge in [-0.1, -0.05) is 84.1 Å². The second-order valence-electron chi connectivity index (χ2n) is 7.65. The number of hydrogen-bond donors (Lipinski definition) is 0. The van der Waals surface area contributed by atoms with Gasteiger partial charge >= 0.3 is 0 Å². The summed E-state index contributed by atoms with van der Waals surface area (Å²) in [7, 11) is 1.65. The predicted octanol–water partition coefficient (Wildman–Crippen LogP) is 6.23. The molecule has 5 rings (SSSR count). The van der Waals surface area contributed by atoms with E-state index in [0.29, 0.717) is 18.1 Å². The van der Waals surface area contributed by atoms with Crippen molar-refractivity contribution in [3.8, 4) is 5.75 Å². The largest absolute Gasteiger partial charge is 0.497 e. The summed E-state index contributed by atoms with van der Waals surface area (Å²) >= 11 is 1.51. The van der Waals surface area contributed by atoms with Gasteiger partial charge in [-0.25, -0.2) is 4.98 Å². The number of methoxy groups -OCH3 is 1. The fourth-order valence-corrected chi connectivity index (χ4v) is 4.79. The third kappa shape index (κ3) is 4.20. The van der Waals surface area contributed by atoms with Gasteiger partial charge in [-0.05, 0) is 40.1 Å². The van der Waals surface area contributed by atoms with Crippen LogP contribution in [0, 0.1) is 0 Å². The number of hydrogen-bond acceptors (Lipinski definition) is 4. The molecule has 4 nitrogen and oxygen atoms in total. The van der Waals surface area contributed by atoms with E-state index in [4.69, 9.17) is 9.72 Å². The van der Waals surface area contributed by atoms with Crippen molar-refractivity contribution in [1.82, 2.24) is 4.98 Å². The van der Waals surface area contributed by atoms with Gasteiger partial charge in [0.1, 0.15) is 5.75 Å². The standard InChI is InChI=1S/C27H22N2O2S/c1-31-23-13-14-24-25(17-23)32-27(28-24)29(18-19-7-3-2-4-8-19)26(30)16-20-11-12-21-9-5-6-10-22(21)15-20/h2-15,17H,16,18H2,1H3. The Kier molecular flexibility index (Phi) is 5.57. The van der Waals surface area contributed by atoms with Crippen LogP contribution in [-0.2, 0) is 17.8 Å². The molecule has 0 spiro atoms. The van der Waals surface area contributed by atoms with E-state index in [9.17, 15) is 4.79 Å². The molecule has 5 aromatic rings. The fraction of sp³-hybridized carbons (Fsp3) is 0.111. The predicted molar refractivity (Wildman–Crippen MR) is 131 cm³/mol. The van der Waals surface area contributed by atoms with Crippen LogP contribution >= 0.6 is 11.3 Å². The molecule has 0 aliphatic heterocycles. The first-order chi connectivity index (χ1) is 15.7. The summed E-state index contributed by atoms with van der Waals surface area (Å²) in [5.41, 5.74) is 2.92. The van der Waals surface area contributed by atoms with Crippen molar-refractivity contribution in [1.29, 1.82) is 0 Å². The molecule has 0 aliphatic rings. The highest BCUT2D eigenvalue weighted by atomic mass is 32.1. The van der Waals surface area contributed by atoms with Crippen LogP contribution in [0.2, 0.25) is 0 Å². The molecule has 4 aromatic carbocycles. The van der Waals surface area contributed by atoms with E-state index in [1.165, 1.54) is 16.7 Å². The van der Waals surface area contributed by atoms with Crippen LogP contribution in [0.5, 0.6) is 5.75 Å². The molecule has 0 atom stereocenters. The average molecular weight is 439 g/mol. The number of thiazole rings is 1. The lowest BCUT2D eigenvalue weighted by Gasteiger charge is -2.20. The Balaban J connectivity index is 1.49. The zero-order chi connectivity index (χ0) is 21.9. The second-order valence-corrected chi connectivity index (χ2v) is 8.66. The molecule has 0 saturated heterocycles. The summed E-state index contributed by atoms with van der Waals surface area (Å²) in [5.74, 6) is 0.806. The van der Waals surface area contributed by atoms with Crippen LogP contribution in [0.4, 0.5) is 5.13 Å². The topological polar surface area (TPSA) is 42.4 Å². The van der Waals surface area contributed by atoms with Crippen molar-refractivity contribution < 1.29 is 9.53 Å². The molecule has 0 N–H and O–H groups in total. The number of amides is 1. The zero-order valence-corrected chi connectivity index (χ0v) is 18.5. The lowest BCUT2D eigenvalue weighted by Crippen LogP contribution is -2.31. The number of nitrogens with zero attached hydrogens (tertiary/aromatic N) is 2. The maximum absolute atomic E-state index is 13.5. The number of carbonyl (C=O) groups excluding carboxylic acids is 1. The van der Waals surface area contributed by atoms with Gasteiger partial charge in [-0.15, -0.1) is 0 Å². The summed E-state index contributed by atoms with van der Waals surface area (Å²) in [4.78, 5) is 20.1. The van der Waals surface area contributed by atoms with E-state index in [0.717, 1.165) is 32.5 Å². The Morgan fingerprint density at radius 2 is 1.66 bits per heavy atom. The van der Waals surface area contributed by atoms with Gasteiger partial charge in [0.2, 0.25) is 5.91 Å². The van der Waals surface area contributed by atoms with E-state index in [1.54, 1.807) is 12.0 Å². The van der Waals surface area contributed by atoms with Crippen molar-refractivity contribution in [3.63, 3.8) is 0 Å². The van der Waals surface area contributed by atoms with Gasteiger partial charge in [0.25, 0.3) is 0 Å². The summed E-state index contributed by atoms with van der Waals surface area (Å²) < 4.78 is 6.34. The minimum Gasteiger partial charge on any atom is -0.497 e. The maximum atomic E-state index is 13.5. The Bertz CT molecular complexity index is 1400. The molecule has 0 bridgehead atoms. The number of fused-ring (bicyclic) bond motifs is 2. The molecule has 1 amide bonds. The molecular formula is C27H22N2O2S. The first-order valence-electron chi connectivity index (χ1n) is 10.5. The van der Waals surface area contributed by atoms with Gasteiger partial charge in [0.15, 0.2) is 5.13 Å². The third-order valence-electron chi connectivity index (χ3n) is 5.47. The van der Waals surface area contributed by atoms with Crippen LogP contribution < -0.4 is 9.64 Å². The monoisotopic (exact) mass is 438 g/mol. The Hall–Kier alpha value is -3.70. The van der Waals surface area contributed by atoms with Gasteiger partial charge < -0.3 is 4.74 Å². The van der Waals surface area contributed by atoms with Crippen molar-refractivity contribution >= 4 is 43.4 Å². The Labute approximate surface area is 190 Å². The second kappa shape index (κ2) is 8.81. The van der Waals surface area contributed by atoms with E-state index in [2.05, 4.69) is 24.3 Å². The molecular weight excluding hydrogens is 416 g/mol. The van der Waals surface area contributed by atoms with E-state index >= 15 is 0 Å². The quantitative estimate of drug-likeness (QED) is 0.315. The summed E-state index contributed by atoms with van der Waals surface area (Å²) in [6.07, 6.45) is 0.316. The van der Waals surface area contributed by atoms with Crippen LogP contribution in [0.15, 0.2) is 91.0 Å². The number of anilines is 1. The van der Waals surface area contributed by atoms with Crippen molar-refractivity contribution in [2.75, 3.05) is 12.0 Å². The fourth-order valence-electron chi connectivity index (χ4n) is 3.78. The first-order valence-corrected chi connectivity index (χ1v) is 11.3. The molecule has 0 aliphatic carbocycles. The summed E-state index contributed by atoms with van der Waals surface area (Å²) in [6, 6.07) is 30.2. The Morgan fingerprint density at radius 1 is 0.875 bits per heavy atom. The molecule has 158 valence electrons. The normalized spacial score (nSPS) is 11.0. The van der Waals surface area contributed by atoms with Gasteiger partial charge in [-0.2, -0.15) is 0 Å². The maximum Gasteiger partial charge on any atom is 0.233 e. The molecule has 1 aromatic heterocycles. The van der Waals surface area contributed by atoms with Crippen LogP contribution in [0.1, 0.15) is 11.1 Å². The third-order valence-corrected chi connectivity index (χ3v) is 6.51. The molecule has 0 unspecified atom stereocenters. The number of benzene rings is 4. The highest BCUT2D eigenvalue weighted by molar-refractivity contribution is 7.22. The smallest absolute Gasteiger partial charge is 0.233 e. The molecule has 1 heterocycles. The number of carbonyl (C=O) groups is 1. The number of rotatable bonds is 6. The number of ether oxygens (including phenoxy) is 1. The van der Waals surface area contributed by atoms with Crippen LogP contribution in [-0.4, -0.2) is 18.0 Å². The van der Waals surface area contributed by atoms with Gasteiger partial charge in [-0.3, -0.25) is 9.69 Å². The molecule has 5 heteroatoms. The van der Waals surface area contributed by atoms with Crippen LogP contribution in [0.3, 0.4) is 0 Å². The molecule has 0 radical (unpaired) electrons. The highest BCUT2D eigenvalue weighted by Gasteiger charge is 2.21. The van der Waals surface area contributed by atoms with Crippen LogP contribution in [0.25, 0.3) is 21.0 Å². The minimum atomic E-state index is 0.0233. The highest BCUT2D eigenvalue weighted by Crippen LogP contribution is 2.32. The SMILES string of the molecule is COc1ccc2nc(N(Cc3ccccc3)C(=O)Cc3ccc4ccccc4c3)sc2c1. The van der Waals surface area contributed by atoms with E-state index < -0.39 is 0 Å². The lowest BCUT2D eigenvalue weighted by molar-refractivity contribution is -0.118. The van der Waals surface area contributed by atoms with Crippen molar-refractivity contribution in [2.24, 2.45) is 0 Å². The average Bonchev–Trinajstić information content (AvgIpc) is 3.26. The number of aromatic nitrogens is 1. The molecule has 0 fully saturated rings. The minimum absolute atomic E-state index is 0.0233. The summed E-state index contributed by atoms with van der Waals surface area (Å²) in [6.45, 7) is 0.476. The Morgan fingerprint density at radius 3 is 2.47 bits per heavy atom. The zero-order valence-electron chi connectivity index (χ0n) is 17.7.